The Labute approximate surface area is 164 Å². The number of nitrogens with zero attached hydrogens (tertiary/aromatic N) is 3. The molecule has 0 unspecified atom stereocenters. The zero-order chi connectivity index (χ0) is 18.6. The minimum atomic E-state index is 0.327. The van der Waals surface area contributed by atoms with E-state index in [1.807, 2.05) is 37.3 Å². The fourth-order valence-corrected chi connectivity index (χ4v) is 3.56. The molecule has 0 spiro atoms. The molecule has 0 N–H and O–H groups in total. The molecule has 0 saturated carbocycles. The molecule has 4 nitrogen and oxygen atoms in total. The lowest BCUT2D eigenvalue weighted by Gasteiger charge is -2.28. The monoisotopic (exact) mass is 379 g/mol. The molecule has 138 valence electrons. The number of aryl methyl sites for hydroxylation is 1. The molecule has 0 aliphatic carbocycles. The number of benzene rings is 2. The first kappa shape index (κ1) is 17.8. The molecule has 0 amide bonds. The zero-order valence-electron chi connectivity index (χ0n) is 15.4. The van der Waals surface area contributed by atoms with Crippen molar-refractivity contribution >= 4 is 28.4 Å². The van der Waals surface area contributed by atoms with E-state index in [2.05, 4.69) is 39.4 Å². The van der Waals surface area contributed by atoms with Crippen LogP contribution < -0.4 is 4.90 Å². The molecule has 1 aliphatic heterocycles. The van der Waals surface area contributed by atoms with Gasteiger partial charge in [-0.3, -0.25) is 0 Å². The Morgan fingerprint density at radius 2 is 1.81 bits per heavy atom. The zero-order valence-corrected chi connectivity index (χ0v) is 16.1. The van der Waals surface area contributed by atoms with Crippen molar-refractivity contribution in [2.45, 2.75) is 26.2 Å². The Morgan fingerprint density at radius 3 is 2.56 bits per heavy atom. The number of rotatable bonds is 4. The first-order valence-corrected chi connectivity index (χ1v) is 9.70. The van der Waals surface area contributed by atoms with Crippen LogP contribution in [0.15, 0.2) is 52.9 Å². The van der Waals surface area contributed by atoms with Crippen molar-refractivity contribution in [2.75, 3.05) is 18.0 Å². The van der Waals surface area contributed by atoms with Crippen molar-refractivity contribution in [3.05, 3.63) is 65.5 Å². The van der Waals surface area contributed by atoms with Crippen molar-refractivity contribution in [3.63, 3.8) is 0 Å². The number of aromatic nitrogens is 2. The summed E-state index contributed by atoms with van der Waals surface area (Å²) in [5.41, 5.74) is 4.31. The predicted molar refractivity (Wildman–Crippen MR) is 111 cm³/mol. The molecule has 2 heterocycles. The van der Waals surface area contributed by atoms with Crippen LogP contribution in [0.25, 0.3) is 22.6 Å². The Balaban J connectivity index is 1.50. The highest BCUT2D eigenvalue weighted by Gasteiger charge is 2.13. The van der Waals surface area contributed by atoms with Crippen LogP contribution in [0, 0.1) is 6.92 Å². The van der Waals surface area contributed by atoms with E-state index in [9.17, 15) is 0 Å². The van der Waals surface area contributed by atoms with Gasteiger partial charge in [0.05, 0.1) is 0 Å². The largest absolute Gasteiger partial charge is 0.415 e. The summed E-state index contributed by atoms with van der Waals surface area (Å²) in [5, 5.41) is 8.64. The molecule has 0 radical (unpaired) electrons. The molecular weight excluding hydrogens is 358 g/mol. The molecule has 1 fully saturated rings. The van der Waals surface area contributed by atoms with Gasteiger partial charge in [0, 0.05) is 24.3 Å². The molecule has 3 aromatic rings. The van der Waals surface area contributed by atoms with E-state index in [1.165, 1.54) is 24.9 Å². The van der Waals surface area contributed by atoms with Gasteiger partial charge in [-0.2, -0.15) is 0 Å². The van der Waals surface area contributed by atoms with Gasteiger partial charge in [0.1, 0.15) is 5.03 Å². The van der Waals surface area contributed by atoms with Gasteiger partial charge in [-0.1, -0.05) is 41.4 Å². The average molecular weight is 380 g/mol. The quantitative estimate of drug-likeness (QED) is 0.576. The molecule has 0 bridgehead atoms. The van der Waals surface area contributed by atoms with E-state index in [0.29, 0.717) is 16.8 Å². The van der Waals surface area contributed by atoms with Crippen molar-refractivity contribution in [1.29, 1.82) is 0 Å². The summed E-state index contributed by atoms with van der Waals surface area (Å²) in [5.74, 6) is 0.800. The number of piperidine rings is 1. The fourth-order valence-electron chi connectivity index (χ4n) is 3.36. The molecule has 2 aromatic carbocycles. The van der Waals surface area contributed by atoms with E-state index in [0.717, 1.165) is 29.8 Å². The molecule has 4 rings (SSSR count). The van der Waals surface area contributed by atoms with Crippen LogP contribution in [0.5, 0.6) is 0 Å². The predicted octanol–water partition coefficient (Wildman–Crippen LogP) is 5.77. The van der Waals surface area contributed by atoms with Gasteiger partial charge in [0.25, 0.3) is 5.89 Å². The first-order valence-electron chi connectivity index (χ1n) is 9.32. The number of halogens is 1. The summed E-state index contributed by atoms with van der Waals surface area (Å²) < 4.78 is 5.75. The van der Waals surface area contributed by atoms with Crippen LogP contribution in [-0.4, -0.2) is 23.3 Å². The van der Waals surface area contributed by atoms with Gasteiger partial charge in [0.2, 0.25) is 5.89 Å². The number of anilines is 1. The van der Waals surface area contributed by atoms with Crippen molar-refractivity contribution in [3.8, 4) is 11.5 Å². The summed E-state index contributed by atoms with van der Waals surface area (Å²) in [6.07, 6.45) is 5.73. The maximum Gasteiger partial charge on any atom is 0.259 e. The van der Waals surface area contributed by atoms with Crippen LogP contribution in [0.3, 0.4) is 0 Å². The molecule has 0 atom stereocenters. The lowest BCUT2D eigenvalue weighted by Crippen LogP contribution is -2.29. The van der Waals surface area contributed by atoms with Crippen molar-refractivity contribution < 1.29 is 4.42 Å². The van der Waals surface area contributed by atoms with Crippen LogP contribution in [-0.2, 0) is 0 Å². The lowest BCUT2D eigenvalue weighted by molar-refractivity contribution is 0.556. The molecular formula is C22H22ClN3O. The van der Waals surface area contributed by atoms with Gasteiger partial charge in [-0.25, -0.2) is 0 Å². The smallest absolute Gasteiger partial charge is 0.259 e. The minimum absolute atomic E-state index is 0.327. The van der Waals surface area contributed by atoms with E-state index in [1.54, 1.807) is 0 Å². The summed E-state index contributed by atoms with van der Waals surface area (Å²) in [7, 11) is 0. The Kier molecular flexibility index (Phi) is 5.26. The van der Waals surface area contributed by atoms with E-state index in [-0.39, 0.29) is 0 Å². The highest BCUT2D eigenvalue weighted by Crippen LogP contribution is 2.27. The van der Waals surface area contributed by atoms with Gasteiger partial charge >= 0.3 is 0 Å². The minimum Gasteiger partial charge on any atom is -0.415 e. The fraction of sp³-hybridized carbons (Fsp3) is 0.273. The molecule has 27 heavy (non-hydrogen) atoms. The second-order valence-corrected chi connectivity index (χ2v) is 7.32. The Hall–Kier alpha value is -2.59. The maximum absolute atomic E-state index is 6.42. The van der Waals surface area contributed by atoms with Gasteiger partial charge < -0.3 is 9.32 Å². The highest BCUT2D eigenvalue weighted by atomic mass is 35.5. The Bertz CT molecular complexity index is 940. The van der Waals surface area contributed by atoms with E-state index in [4.69, 9.17) is 16.0 Å². The second kappa shape index (κ2) is 7.97. The van der Waals surface area contributed by atoms with Crippen LogP contribution in [0.4, 0.5) is 5.69 Å². The third-order valence-corrected chi connectivity index (χ3v) is 5.07. The lowest BCUT2D eigenvalue weighted by atomic mass is 10.1. The van der Waals surface area contributed by atoms with E-state index >= 15 is 0 Å². The summed E-state index contributed by atoms with van der Waals surface area (Å²) in [4.78, 5) is 2.44. The summed E-state index contributed by atoms with van der Waals surface area (Å²) >= 11 is 6.42. The molecule has 5 heteroatoms. The second-order valence-electron chi connectivity index (χ2n) is 6.91. The van der Waals surface area contributed by atoms with Gasteiger partial charge in [-0.15, -0.1) is 10.2 Å². The Morgan fingerprint density at radius 1 is 1.04 bits per heavy atom. The highest BCUT2D eigenvalue weighted by molar-refractivity contribution is 6.50. The van der Waals surface area contributed by atoms with Crippen LogP contribution >= 0.6 is 11.6 Å². The summed E-state index contributed by atoms with van der Waals surface area (Å²) in [6, 6.07) is 16.4. The average Bonchev–Trinajstić information content (AvgIpc) is 3.20. The van der Waals surface area contributed by atoms with Crippen LogP contribution in [0.2, 0.25) is 0 Å². The van der Waals surface area contributed by atoms with Gasteiger partial charge in [-0.05, 0) is 62.1 Å². The van der Waals surface area contributed by atoms with Crippen LogP contribution in [0.1, 0.15) is 36.3 Å². The van der Waals surface area contributed by atoms with Crippen molar-refractivity contribution in [1.82, 2.24) is 10.2 Å². The van der Waals surface area contributed by atoms with E-state index < -0.39 is 0 Å². The molecule has 1 aromatic heterocycles. The maximum atomic E-state index is 6.42. The standard InChI is InChI=1S/C22H22ClN3O/c1-16-6-5-7-18(14-16)21-24-25-22(27-21)20(23)15-17-8-10-19(11-9-17)26-12-3-2-4-13-26/h5-11,14-15H,2-4,12-13H2,1H3/b20-15-. The first-order chi connectivity index (χ1) is 13.2. The third kappa shape index (κ3) is 4.22. The summed E-state index contributed by atoms with van der Waals surface area (Å²) in [6.45, 7) is 4.31. The topological polar surface area (TPSA) is 42.2 Å². The molecule has 1 saturated heterocycles. The van der Waals surface area contributed by atoms with Gasteiger partial charge in [0.15, 0.2) is 0 Å². The SMILES string of the molecule is Cc1cccc(-c2nnc(/C(Cl)=C/c3ccc(N4CCCCC4)cc3)o2)c1. The normalized spacial score (nSPS) is 15.2. The van der Waals surface area contributed by atoms with Crippen molar-refractivity contribution in [2.24, 2.45) is 0 Å². The molecule has 1 aliphatic rings. The third-order valence-electron chi connectivity index (χ3n) is 4.80. The number of hydrogen-bond acceptors (Lipinski definition) is 4. The number of hydrogen-bond donors (Lipinski definition) is 0.